The fraction of sp³-hybridized carbons (Fsp3) is 0.353. The molecule has 4 nitrogen and oxygen atoms in total. The van der Waals surface area contributed by atoms with Crippen LogP contribution in [-0.4, -0.2) is 27.8 Å². The van der Waals surface area contributed by atoms with Crippen molar-refractivity contribution in [1.29, 1.82) is 0 Å². The van der Waals surface area contributed by atoms with Gasteiger partial charge >= 0.3 is 5.97 Å². The molecule has 1 aromatic carbocycles. The number of allylic oxidation sites excluding steroid dienone is 1. The molecule has 0 fully saturated rings. The molecule has 0 atom stereocenters. The van der Waals surface area contributed by atoms with Gasteiger partial charge < -0.3 is 15.2 Å². The van der Waals surface area contributed by atoms with Crippen LogP contribution in [-0.2, 0) is 17.6 Å². The third kappa shape index (κ3) is 3.00. The normalized spacial score (nSPS) is 12.0. The zero-order valence-corrected chi connectivity index (χ0v) is 12.4. The van der Waals surface area contributed by atoms with Crippen LogP contribution >= 0.6 is 0 Å². The number of rotatable bonds is 6. The summed E-state index contributed by atoms with van der Waals surface area (Å²) in [6.45, 7) is 3.97. The van der Waals surface area contributed by atoms with Gasteiger partial charge in [-0.3, -0.25) is 4.79 Å². The van der Waals surface area contributed by atoms with Gasteiger partial charge in [-0.1, -0.05) is 31.2 Å². The minimum Gasteiger partial charge on any atom is -0.481 e. The van der Waals surface area contributed by atoms with Crippen molar-refractivity contribution >= 4 is 22.4 Å². The monoisotopic (exact) mass is 287 g/mol. The number of aliphatic hydroxyl groups excluding tert-OH is 1. The number of hydrogen-bond donors (Lipinski definition) is 3. The van der Waals surface area contributed by atoms with Gasteiger partial charge in [0.25, 0.3) is 0 Å². The van der Waals surface area contributed by atoms with E-state index in [9.17, 15) is 9.90 Å². The Labute approximate surface area is 124 Å². The molecule has 2 aromatic rings. The molecule has 0 unspecified atom stereocenters. The maximum Gasteiger partial charge on any atom is 0.307 e. The number of carboxylic acid groups (broad SMARTS) is 1. The standard InChI is InChI=1S/C17H21NO3/c1-3-11-6-5-7-13-14(8-9-19)17(18-16(11)13)12(4-2)10-15(20)21/h4-7,18-19H,3,8-10H2,1-2H3,(H,20,21)/b12-4-. The second-order valence-corrected chi connectivity index (χ2v) is 5.03. The number of fused-ring (bicyclic) bond motifs is 1. The summed E-state index contributed by atoms with van der Waals surface area (Å²) >= 11 is 0. The molecule has 0 aliphatic rings. The molecule has 21 heavy (non-hydrogen) atoms. The zero-order valence-electron chi connectivity index (χ0n) is 12.4. The van der Waals surface area contributed by atoms with Crippen LogP contribution in [0.25, 0.3) is 16.5 Å². The van der Waals surface area contributed by atoms with Crippen molar-refractivity contribution in [2.75, 3.05) is 6.61 Å². The largest absolute Gasteiger partial charge is 0.481 e. The summed E-state index contributed by atoms with van der Waals surface area (Å²) < 4.78 is 0. The quantitative estimate of drug-likeness (QED) is 0.764. The predicted octanol–water partition coefficient (Wildman–Crippen LogP) is 3.14. The summed E-state index contributed by atoms with van der Waals surface area (Å²) in [5, 5.41) is 19.5. The van der Waals surface area contributed by atoms with E-state index in [2.05, 4.69) is 18.0 Å². The Morgan fingerprint density at radius 3 is 2.71 bits per heavy atom. The van der Waals surface area contributed by atoms with Crippen LogP contribution in [0.1, 0.15) is 37.1 Å². The molecule has 1 aromatic heterocycles. The summed E-state index contributed by atoms with van der Waals surface area (Å²) in [4.78, 5) is 14.4. The third-order valence-electron chi connectivity index (χ3n) is 3.78. The number of aromatic nitrogens is 1. The molecular weight excluding hydrogens is 266 g/mol. The minimum atomic E-state index is -0.854. The SMILES string of the molecule is C/C=C(/CC(=O)O)c1[nH]c2c(CC)cccc2c1CCO. The Bertz CT molecular complexity index is 683. The van der Waals surface area contributed by atoms with E-state index >= 15 is 0 Å². The molecule has 0 radical (unpaired) electrons. The molecule has 0 bridgehead atoms. The summed E-state index contributed by atoms with van der Waals surface area (Å²) in [5.74, 6) is -0.854. The highest BCUT2D eigenvalue weighted by atomic mass is 16.4. The molecule has 0 amide bonds. The number of carboxylic acids is 1. The van der Waals surface area contributed by atoms with Crippen molar-refractivity contribution in [3.63, 3.8) is 0 Å². The smallest absolute Gasteiger partial charge is 0.307 e. The average Bonchev–Trinajstić information content (AvgIpc) is 2.83. The Balaban J connectivity index is 2.66. The van der Waals surface area contributed by atoms with Crippen molar-refractivity contribution in [2.45, 2.75) is 33.1 Å². The van der Waals surface area contributed by atoms with Gasteiger partial charge in [0.05, 0.1) is 6.42 Å². The molecule has 0 spiro atoms. The topological polar surface area (TPSA) is 73.3 Å². The van der Waals surface area contributed by atoms with Crippen molar-refractivity contribution in [2.24, 2.45) is 0 Å². The molecule has 3 N–H and O–H groups in total. The van der Waals surface area contributed by atoms with E-state index in [1.54, 1.807) is 0 Å². The van der Waals surface area contributed by atoms with Gasteiger partial charge in [0.2, 0.25) is 0 Å². The molecule has 0 aliphatic heterocycles. The molecule has 0 saturated heterocycles. The number of benzene rings is 1. The Hall–Kier alpha value is -2.07. The number of aryl methyl sites for hydroxylation is 1. The van der Waals surface area contributed by atoms with Crippen molar-refractivity contribution in [3.8, 4) is 0 Å². The van der Waals surface area contributed by atoms with E-state index in [1.807, 2.05) is 25.1 Å². The first-order chi connectivity index (χ1) is 10.1. The fourth-order valence-corrected chi connectivity index (χ4v) is 2.77. The second-order valence-electron chi connectivity index (χ2n) is 5.03. The van der Waals surface area contributed by atoms with Crippen molar-refractivity contribution in [1.82, 2.24) is 4.98 Å². The lowest BCUT2D eigenvalue weighted by Crippen LogP contribution is -2.01. The summed E-state index contributed by atoms with van der Waals surface area (Å²) in [6, 6.07) is 6.09. The lowest BCUT2D eigenvalue weighted by Gasteiger charge is -2.06. The number of carbonyl (C=O) groups is 1. The van der Waals surface area contributed by atoms with Crippen LogP contribution in [0.2, 0.25) is 0 Å². The molecule has 0 aliphatic carbocycles. The number of hydrogen-bond acceptors (Lipinski definition) is 2. The number of nitrogens with one attached hydrogen (secondary N) is 1. The number of aromatic amines is 1. The van der Waals surface area contributed by atoms with E-state index in [-0.39, 0.29) is 13.0 Å². The summed E-state index contributed by atoms with van der Waals surface area (Å²) in [7, 11) is 0. The first kappa shape index (κ1) is 15.3. The maximum absolute atomic E-state index is 11.0. The van der Waals surface area contributed by atoms with Gasteiger partial charge in [0, 0.05) is 23.2 Å². The van der Waals surface area contributed by atoms with Crippen molar-refractivity contribution < 1.29 is 15.0 Å². The Kier molecular flexibility index (Phi) is 4.81. The predicted molar refractivity (Wildman–Crippen MR) is 84.4 cm³/mol. The molecule has 0 saturated carbocycles. The first-order valence-corrected chi connectivity index (χ1v) is 7.23. The van der Waals surface area contributed by atoms with Crippen LogP contribution in [0.15, 0.2) is 24.3 Å². The van der Waals surface area contributed by atoms with Gasteiger partial charge in [0.1, 0.15) is 0 Å². The lowest BCUT2D eigenvalue weighted by molar-refractivity contribution is -0.135. The maximum atomic E-state index is 11.0. The highest BCUT2D eigenvalue weighted by Gasteiger charge is 2.17. The number of para-hydroxylation sites is 1. The van der Waals surface area contributed by atoms with Gasteiger partial charge in [-0.05, 0) is 36.5 Å². The van der Waals surface area contributed by atoms with E-state index in [1.165, 1.54) is 5.56 Å². The van der Waals surface area contributed by atoms with Gasteiger partial charge in [0.15, 0.2) is 0 Å². The van der Waals surface area contributed by atoms with Gasteiger partial charge in [-0.2, -0.15) is 0 Å². The van der Waals surface area contributed by atoms with Crippen LogP contribution in [0.5, 0.6) is 0 Å². The highest BCUT2D eigenvalue weighted by Crippen LogP contribution is 2.31. The molecule has 4 heteroatoms. The number of aliphatic carboxylic acids is 1. The van der Waals surface area contributed by atoms with Gasteiger partial charge in [-0.25, -0.2) is 0 Å². The molecule has 1 heterocycles. The first-order valence-electron chi connectivity index (χ1n) is 7.23. The average molecular weight is 287 g/mol. The van der Waals surface area contributed by atoms with Gasteiger partial charge in [-0.15, -0.1) is 0 Å². The van der Waals surface area contributed by atoms with Crippen LogP contribution in [0, 0.1) is 0 Å². The second kappa shape index (κ2) is 6.59. The zero-order chi connectivity index (χ0) is 15.4. The van der Waals surface area contributed by atoms with Crippen LogP contribution < -0.4 is 0 Å². The van der Waals surface area contributed by atoms with Crippen LogP contribution in [0.3, 0.4) is 0 Å². The van der Waals surface area contributed by atoms with E-state index < -0.39 is 5.97 Å². The van der Waals surface area contributed by atoms with E-state index in [0.717, 1.165) is 34.2 Å². The summed E-state index contributed by atoms with van der Waals surface area (Å²) in [6.07, 6.45) is 3.22. The van der Waals surface area contributed by atoms with Crippen LogP contribution in [0.4, 0.5) is 0 Å². The van der Waals surface area contributed by atoms with E-state index in [4.69, 9.17) is 5.11 Å². The highest BCUT2D eigenvalue weighted by molar-refractivity contribution is 5.94. The third-order valence-corrected chi connectivity index (χ3v) is 3.78. The Morgan fingerprint density at radius 1 is 1.38 bits per heavy atom. The lowest BCUT2D eigenvalue weighted by atomic mass is 10.00. The molecule has 112 valence electrons. The van der Waals surface area contributed by atoms with Crippen molar-refractivity contribution in [3.05, 3.63) is 41.1 Å². The molecule has 2 rings (SSSR count). The fourth-order valence-electron chi connectivity index (χ4n) is 2.77. The minimum absolute atomic E-state index is 0.0246. The molecular formula is C17H21NO3. The Morgan fingerprint density at radius 2 is 2.14 bits per heavy atom. The number of aliphatic hydroxyl groups is 1. The number of H-pyrrole nitrogens is 1. The summed E-state index contributed by atoms with van der Waals surface area (Å²) in [5.41, 5.74) is 4.83. The van der Waals surface area contributed by atoms with E-state index in [0.29, 0.717) is 6.42 Å².